The van der Waals surface area contributed by atoms with E-state index in [9.17, 15) is 9.59 Å². The van der Waals surface area contributed by atoms with E-state index < -0.39 is 17.4 Å². The maximum absolute atomic E-state index is 12.3. The number of methoxy groups -OCH3 is 1. The van der Waals surface area contributed by atoms with E-state index in [4.69, 9.17) is 4.74 Å². The number of carbonyl (C=O) groups excluding carboxylic acids is 2. The van der Waals surface area contributed by atoms with Crippen LogP contribution in [0.3, 0.4) is 0 Å². The topological polar surface area (TPSA) is 80.3 Å². The third kappa shape index (κ3) is 3.08. The Bertz CT molecular complexity index is 742. The van der Waals surface area contributed by atoms with E-state index in [0.29, 0.717) is 5.69 Å². The van der Waals surface area contributed by atoms with Gasteiger partial charge in [-0.1, -0.05) is 30.3 Å². The van der Waals surface area contributed by atoms with Gasteiger partial charge in [-0.05, 0) is 37.0 Å². The van der Waals surface area contributed by atoms with Crippen LogP contribution < -0.4 is 15.4 Å². The molecule has 124 valence electrons. The van der Waals surface area contributed by atoms with Crippen LogP contribution in [-0.2, 0) is 15.1 Å². The van der Waals surface area contributed by atoms with Crippen LogP contribution in [0, 0.1) is 0 Å². The molecule has 1 aliphatic carbocycles. The van der Waals surface area contributed by atoms with Crippen molar-refractivity contribution < 1.29 is 14.3 Å². The van der Waals surface area contributed by atoms with Gasteiger partial charge in [0.15, 0.2) is 0 Å². The molecule has 1 heterocycles. The number of carbonyl (C=O) groups is 2. The molecule has 1 aromatic heterocycles. The molecule has 2 N–H and O–H groups in total. The summed E-state index contributed by atoms with van der Waals surface area (Å²) in [6, 6.07) is 13.0. The summed E-state index contributed by atoms with van der Waals surface area (Å²) in [5.74, 6) is -1.13. The van der Waals surface area contributed by atoms with Crippen LogP contribution in [0.1, 0.15) is 24.8 Å². The average molecular weight is 325 g/mol. The van der Waals surface area contributed by atoms with Gasteiger partial charge in [0, 0.05) is 6.20 Å². The second-order valence-electron chi connectivity index (χ2n) is 5.77. The molecule has 2 amide bonds. The first-order valence-electron chi connectivity index (χ1n) is 7.83. The van der Waals surface area contributed by atoms with Crippen LogP contribution in [0.2, 0.25) is 0 Å². The number of nitrogens with zero attached hydrogens (tertiary/aromatic N) is 1. The van der Waals surface area contributed by atoms with Crippen LogP contribution in [0.5, 0.6) is 5.88 Å². The molecule has 0 aliphatic heterocycles. The highest BCUT2D eigenvalue weighted by Gasteiger charge is 2.41. The van der Waals surface area contributed by atoms with E-state index in [1.807, 2.05) is 30.3 Å². The van der Waals surface area contributed by atoms with Gasteiger partial charge in [0.2, 0.25) is 5.88 Å². The van der Waals surface area contributed by atoms with Crippen LogP contribution in [0.4, 0.5) is 5.69 Å². The number of hydrogen-bond donors (Lipinski definition) is 2. The van der Waals surface area contributed by atoms with Crippen molar-refractivity contribution >= 4 is 17.5 Å². The summed E-state index contributed by atoms with van der Waals surface area (Å²) in [7, 11) is 1.46. The molecular formula is C18H19N3O3. The smallest absolute Gasteiger partial charge is 0.313 e. The third-order valence-corrected chi connectivity index (χ3v) is 4.31. The van der Waals surface area contributed by atoms with Gasteiger partial charge < -0.3 is 15.4 Å². The highest BCUT2D eigenvalue weighted by molar-refractivity contribution is 6.40. The minimum absolute atomic E-state index is 0.264. The largest absolute Gasteiger partial charge is 0.480 e. The van der Waals surface area contributed by atoms with E-state index in [1.165, 1.54) is 7.11 Å². The number of rotatable bonds is 4. The lowest BCUT2D eigenvalue weighted by molar-refractivity contribution is -0.138. The predicted octanol–water partition coefficient (Wildman–Crippen LogP) is 2.22. The molecule has 0 bridgehead atoms. The Morgan fingerprint density at radius 1 is 1.08 bits per heavy atom. The lowest BCUT2D eigenvalue weighted by Crippen LogP contribution is -2.53. The van der Waals surface area contributed by atoms with Gasteiger partial charge in [0.1, 0.15) is 5.69 Å². The lowest BCUT2D eigenvalue weighted by Gasteiger charge is -2.42. The van der Waals surface area contributed by atoms with Crippen molar-refractivity contribution in [2.75, 3.05) is 12.4 Å². The molecule has 1 saturated carbocycles. The molecular weight excluding hydrogens is 306 g/mol. The number of benzene rings is 1. The molecule has 0 unspecified atom stereocenters. The van der Waals surface area contributed by atoms with E-state index in [0.717, 1.165) is 24.8 Å². The normalized spacial score (nSPS) is 15.0. The first-order valence-corrected chi connectivity index (χ1v) is 7.83. The molecule has 1 aromatic carbocycles. The zero-order valence-corrected chi connectivity index (χ0v) is 13.4. The van der Waals surface area contributed by atoms with E-state index in [1.54, 1.807) is 18.3 Å². The summed E-state index contributed by atoms with van der Waals surface area (Å²) in [6.45, 7) is 0. The average Bonchev–Trinajstić information content (AvgIpc) is 2.59. The van der Waals surface area contributed by atoms with Crippen molar-refractivity contribution in [1.82, 2.24) is 10.3 Å². The van der Waals surface area contributed by atoms with Crippen molar-refractivity contribution in [2.24, 2.45) is 0 Å². The fourth-order valence-corrected chi connectivity index (χ4v) is 2.88. The Balaban J connectivity index is 1.71. The summed E-state index contributed by atoms with van der Waals surface area (Å²) < 4.78 is 5.07. The SMILES string of the molecule is COc1ncccc1NC(=O)C(=O)NC1(c2ccccc2)CCC1. The fraction of sp³-hybridized carbons (Fsp3) is 0.278. The first kappa shape index (κ1) is 16.0. The summed E-state index contributed by atoms with van der Waals surface area (Å²) in [6.07, 6.45) is 4.22. The van der Waals surface area contributed by atoms with Gasteiger partial charge in [-0.2, -0.15) is 0 Å². The van der Waals surface area contributed by atoms with Crippen molar-refractivity contribution in [2.45, 2.75) is 24.8 Å². The molecule has 6 heteroatoms. The van der Waals surface area contributed by atoms with E-state index >= 15 is 0 Å². The van der Waals surface area contributed by atoms with E-state index in [-0.39, 0.29) is 5.88 Å². The fourth-order valence-electron chi connectivity index (χ4n) is 2.88. The summed E-state index contributed by atoms with van der Waals surface area (Å²) in [5.41, 5.74) is 0.938. The van der Waals surface area contributed by atoms with Crippen LogP contribution in [-0.4, -0.2) is 23.9 Å². The monoisotopic (exact) mass is 325 g/mol. The molecule has 0 saturated heterocycles. The zero-order valence-electron chi connectivity index (χ0n) is 13.4. The highest BCUT2D eigenvalue weighted by Crippen LogP contribution is 2.41. The number of ether oxygens (including phenoxy) is 1. The minimum atomic E-state index is -0.733. The minimum Gasteiger partial charge on any atom is -0.480 e. The van der Waals surface area contributed by atoms with Gasteiger partial charge in [0.25, 0.3) is 0 Å². The summed E-state index contributed by atoms with van der Waals surface area (Å²) >= 11 is 0. The lowest BCUT2D eigenvalue weighted by atomic mass is 9.72. The molecule has 6 nitrogen and oxygen atoms in total. The summed E-state index contributed by atoms with van der Waals surface area (Å²) in [5, 5.41) is 5.44. The molecule has 1 aliphatic rings. The van der Waals surface area contributed by atoms with Crippen molar-refractivity contribution in [3.8, 4) is 5.88 Å². The molecule has 1 fully saturated rings. The number of hydrogen-bond acceptors (Lipinski definition) is 4. The van der Waals surface area contributed by atoms with E-state index in [2.05, 4.69) is 15.6 Å². The third-order valence-electron chi connectivity index (χ3n) is 4.31. The Hall–Kier alpha value is -2.89. The van der Waals surface area contributed by atoms with Crippen molar-refractivity contribution in [3.05, 3.63) is 54.2 Å². The van der Waals surface area contributed by atoms with Crippen LogP contribution >= 0.6 is 0 Å². The molecule has 2 aromatic rings. The number of amides is 2. The second kappa shape index (κ2) is 6.70. The molecule has 0 radical (unpaired) electrons. The zero-order chi connectivity index (χ0) is 17.0. The van der Waals surface area contributed by atoms with Gasteiger partial charge in [-0.3, -0.25) is 9.59 Å². The van der Waals surface area contributed by atoms with Gasteiger partial charge >= 0.3 is 11.8 Å². The van der Waals surface area contributed by atoms with Gasteiger partial charge in [-0.25, -0.2) is 4.98 Å². The standard InChI is InChI=1S/C18H19N3O3/c1-24-17-14(9-5-12-19-17)20-15(22)16(23)21-18(10-6-11-18)13-7-3-2-4-8-13/h2-5,7-9,12H,6,10-11H2,1H3,(H,20,22)(H,21,23). The Morgan fingerprint density at radius 3 is 2.46 bits per heavy atom. The molecule has 24 heavy (non-hydrogen) atoms. The van der Waals surface area contributed by atoms with Gasteiger partial charge in [-0.15, -0.1) is 0 Å². The maximum Gasteiger partial charge on any atom is 0.313 e. The first-order chi connectivity index (χ1) is 11.6. The summed E-state index contributed by atoms with van der Waals surface area (Å²) in [4.78, 5) is 28.6. The predicted molar refractivity (Wildman–Crippen MR) is 89.5 cm³/mol. The highest BCUT2D eigenvalue weighted by atomic mass is 16.5. The number of nitrogens with one attached hydrogen (secondary N) is 2. The van der Waals surface area contributed by atoms with Crippen LogP contribution in [0.15, 0.2) is 48.7 Å². The van der Waals surface area contributed by atoms with Crippen molar-refractivity contribution in [3.63, 3.8) is 0 Å². The quantitative estimate of drug-likeness (QED) is 0.845. The Labute approximate surface area is 140 Å². The second-order valence-corrected chi connectivity index (χ2v) is 5.77. The van der Waals surface area contributed by atoms with Crippen LogP contribution in [0.25, 0.3) is 0 Å². The van der Waals surface area contributed by atoms with Gasteiger partial charge in [0.05, 0.1) is 12.6 Å². The maximum atomic E-state index is 12.3. The van der Waals surface area contributed by atoms with Crippen molar-refractivity contribution in [1.29, 1.82) is 0 Å². The Morgan fingerprint density at radius 2 is 1.83 bits per heavy atom. The molecule has 0 spiro atoms. The molecule has 3 rings (SSSR count). The number of anilines is 1. The number of aromatic nitrogens is 1. The number of pyridine rings is 1. The molecule has 0 atom stereocenters. The Kier molecular flexibility index (Phi) is 4.46.